The van der Waals surface area contributed by atoms with Crippen LogP contribution in [0.15, 0.2) is 36.7 Å². The van der Waals surface area contributed by atoms with Crippen molar-refractivity contribution in [2.24, 2.45) is 5.92 Å². The maximum absolute atomic E-state index is 6.52. The van der Waals surface area contributed by atoms with Gasteiger partial charge in [-0.05, 0) is 24.3 Å². The lowest BCUT2D eigenvalue weighted by Crippen LogP contribution is -2.46. The summed E-state index contributed by atoms with van der Waals surface area (Å²) in [6.07, 6.45) is 4.09. The third-order valence-corrected chi connectivity index (χ3v) is 5.85. The summed E-state index contributed by atoms with van der Waals surface area (Å²) in [5.74, 6) is 2.61. The van der Waals surface area contributed by atoms with Gasteiger partial charge in [0.1, 0.15) is 12.0 Å². The molecular weight excluding hydrogens is 336 g/mol. The first-order valence-corrected chi connectivity index (χ1v) is 10.1. The van der Waals surface area contributed by atoms with Gasteiger partial charge in [-0.25, -0.2) is 9.97 Å². The first-order chi connectivity index (χ1) is 13.2. The van der Waals surface area contributed by atoms with E-state index >= 15 is 0 Å². The third kappa shape index (κ3) is 4.16. The summed E-state index contributed by atoms with van der Waals surface area (Å²) in [6, 6.07) is 10.7. The van der Waals surface area contributed by atoms with E-state index in [-0.39, 0.29) is 0 Å². The maximum Gasteiger partial charge on any atom is 0.157 e. The molecule has 0 atom stereocenters. The van der Waals surface area contributed by atoms with Crippen molar-refractivity contribution in [2.45, 2.75) is 26.3 Å². The average Bonchev–Trinajstić information content (AvgIpc) is 2.71. The van der Waals surface area contributed by atoms with Crippen molar-refractivity contribution in [1.82, 2.24) is 14.9 Å². The zero-order chi connectivity index (χ0) is 18.6. The molecule has 4 rings (SSSR count). The van der Waals surface area contributed by atoms with Crippen molar-refractivity contribution in [3.63, 3.8) is 0 Å². The van der Waals surface area contributed by atoms with Crippen LogP contribution in [0.1, 0.15) is 25.3 Å². The zero-order valence-corrected chi connectivity index (χ0v) is 16.2. The number of hydrogen-bond donors (Lipinski definition) is 1. The molecule has 0 spiro atoms. The molecule has 2 aromatic rings. The minimum absolute atomic E-state index is 0.739. The van der Waals surface area contributed by atoms with Crippen LogP contribution in [0.5, 0.6) is 0 Å². The summed E-state index contributed by atoms with van der Waals surface area (Å²) in [5.41, 5.74) is 8.62. The van der Waals surface area contributed by atoms with Crippen molar-refractivity contribution in [2.75, 3.05) is 54.8 Å². The van der Waals surface area contributed by atoms with Gasteiger partial charge in [0.05, 0.1) is 0 Å². The molecule has 0 unspecified atom stereocenters. The maximum atomic E-state index is 6.52. The van der Waals surface area contributed by atoms with Gasteiger partial charge < -0.3 is 15.5 Å². The Kier molecular flexibility index (Phi) is 5.43. The lowest BCUT2D eigenvalue weighted by molar-refractivity contribution is 0.249. The second kappa shape index (κ2) is 8.13. The Morgan fingerprint density at radius 1 is 0.889 bits per heavy atom. The molecule has 1 aromatic heterocycles. The normalized spacial score (nSPS) is 19.4. The zero-order valence-electron chi connectivity index (χ0n) is 16.2. The first kappa shape index (κ1) is 18.0. The van der Waals surface area contributed by atoms with Crippen LogP contribution in [0.2, 0.25) is 0 Å². The largest absolute Gasteiger partial charge is 0.393 e. The van der Waals surface area contributed by atoms with Gasteiger partial charge in [-0.3, -0.25) is 4.90 Å². The van der Waals surface area contributed by atoms with Crippen molar-refractivity contribution in [3.05, 3.63) is 42.2 Å². The molecule has 0 radical (unpaired) electrons. The van der Waals surface area contributed by atoms with Crippen LogP contribution in [0.3, 0.4) is 0 Å². The molecule has 0 aliphatic carbocycles. The van der Waals surface area contributed by atoms with Crippen molar-refractivity contribution >= 4 is 17.3 Å². The molecule has 6 nitrogen and oxygen atoms in total. The summed E-state index contributed by atoms with van der Waals surface area (Å²) in [7, 11) is 0. The van der Waals surface area contributed by atoms with E-state index in [4.69, 9.17) is 5.73 Å². The second-order valence-electron chi connectivity index (χ2n) is 7.85. The predicted octanol–water partition coefficient (Wildman–Crippen LogP) is 2.62. The van der Waals surface area contributed by atoms with Crippen LogP contribution in [0.25, 0.3) is 0 Å². The second-order valence-corrected chi connectivity index (χ2v) is 7.85. The van der Waals surface area contributed by atoms with Gasteiger partial charge in [0, 0.05) is 45.8 Å². The van der Waals surface area contributed by atoms with Crippen LogP contribution in [-0.2, 0) is 6.54 Å². The van der Waals surface area contributed by atoms with E-state index in [1.807, 2.05) is 0 Å². The van der Waals surface area contributed by atoms with Crippen molar-refractivity contribution < 1.29 is 0 Å². The van der Waals surface area contributed by atoms with Crippen LogP contribution < -0.4 is 15.5 Å². The van der Waals surface area contributed by atoms with Gasteiger partial charge >= 0.3 is 0 Å². The van der Waals surface area contributed by atoms with Crippen LogP contribution >= 0.6 is 0 Å². The molecule has 2 aliphatic rings. The van der Waals surface area contributed by atoms with E-state index in [0.29, 0.717) is 0 Å². The van der Waals surface area contributed by atoms with Crippen molar-refractivity contribution in [3.8, 4) is 0 Å². The van der Waals surface area contributed by atoms with Gasteiger partial charge in [-0.1, -0.05) is 37.3 Å². The third-order valence-electron chi connectivity index (χ3n) is 5.85. The molecule has 2 N–H and O–H groups in total. The molecule has 1 aromatic carbocycles. The number of benzene rings is 1. The summed E-state index contributed by atoms with van der Waals surface area (Å²) in [5, 5.41) is 0. The van der Waals surface area contributed by atoms with E-state index in [2.05, 4.69) is 61.9 Å². The Hall–Kier alpha value is -2.34. The van der Waals surface area contributed by atoms with Crippen molar-refractivity contribution in [1.29, 1.82) is 0 Å². The molecule has 0 bridgehead atoms. The standard InChI is InChI=1S/C21H30N6/c1-17-7-9-26(10-8-17)20-19(22)21(24-16-23-20)27-13-11-25(12-14-27)15-18-5-3-2-4-6-18/h2-6,16-17H,7-15,22H2,1H3. The van der Waals surface area contributed by atoms with Gasteiger partial charge in [-0.15, -0.1) is 0 Å². The summed E-state index contributed by atoms with van der Waals surface area (Å²) < 4.78 is 0. The lowest BCUT2D eigenvalue weighted by Gasteiger charge is -2.37. The van der Waals surface area contributed by atoms with Gasteiger partial charge in [0.2, 0.25) is 0 Å². The number of rotatable bonds is 4. The molecule has 3 heterocycles. The fraction of sp³-hybridized carbons (Fsp3) is 0.524. The SMILES string of the molecule is CC1CCN(c2ncnc(N3CCN(Cc4ccccc4)CC3)c2N)CC1. The topological polar surface area (TPSA) is 61.5 Å². The highest BCUT2D eigenvalue weighted by molar-refractivity contribution is 5.75. The first-order valence-electron chi connectivity index (χ1n) is 10.1. The Balaban J connectivity index is 1.40. The molecule has 6 heteroatoms. The monoisotopic (exact) mass is 366 g/mol. The van der Waals surface area contributed by atoms with E-state index < -0.39 is 0 Å². The number of piperazine rings is 1. The summed E-state index contributed by atoms with van der Waals surface area (Å²) >= 11 is 0. The fourth-order valence-electron chi connectivity index (χ4n) is 4.06. The quantitative estimate of drug-likeness (QED) is 0.898. The molecule has 27 heavy (non-hydrogen) atoms. The van der Waals surface area contributed by atoms with Crippen LogP contribution in [0, 0.1) is 5.92 Å². The summed E-state index contributed by atoms with van der Waals surface area (Å²) in [4.78, 5) is 16.2. The molecule has 144 valence electrons. The van der Waals surface area contributed by atoms with E-state index in [1.165, 1.54) is 18.4 Å². The summed E-state index contributed by atoms with van der Waals surface area (Å²) in [6.45, 7) is 9.34. The Bertz CT molecular complexity index is 734. The number of nitrogens with two attached hydrogens (primary N) is 1. The minimum Gasteiger partial charge on any atom is -0.393 e. The molecule has 2 saturated heterocycles. The number of aromatic nitrogens is 2. The van der Waals surface area contributed by atoms with Gasteiger partial charge in [0.15, 0.2) is 11.6 Å². The number of piperidine rings is 1. The molecule has 0 saturated carbocycles. The Morgan fingerprint density at radius 3 is 2.11 bits per heavy atom. The van der Waals surface area contributed by atoms with Gasteiger partial charge in [-0.2, -0.15) is 0 Å². The number of hydrogen-bond acceptors (Lipinski definition) is 6. The van der Waals surface area contributed by atoms with E-state index in [9.17, 15) is 0 Å². The number of nitrogen functional groups attached to an aromatic ring is 1. The Labute approximate surface area is 162 Å². The number of nitrogens with zero attached hydrogens (tertiary/aromatic N) is 5. The van der Waals surface area contributed by atoms with E-state index in [0.717, 1.165) is 69.1 Å². The fourth-order valence-corrected chi connectivity index (χ4v) is 4.06. The van der Waals surface area contributed by atoms with Crippen LogP contribution in [-0.4, -0.2) is 54.1 Å². The highest BCUT2D eigenvalue weighted by Gasteiger charge is 2.24. The lowest BCUT2D eigenvalue weighted by atomic mass is 9.99. The Morgan fingerprint density at radius 2 is 1.48 bits per heavy atom. The predicted molar refractivity (Wildman–Crippen MR) is 111 cm³/mol. The highest BCUT2D eigenvalue weighted by Crippen LogP contribution is 2.32. The molecular formula is C21H30N6. The average molecular weight is 367 g/mol. The van der Waals surface area contributed by atoms with Crippen LogP contribution in [0.4, 0.5) is 17.3 Å². The highest BCUT2D eigenvalue weighted by atomic mass is 15.3. The smallest absolute Gasteiger partial charge is 0.157 e. The molecule has 2 fully saturated rings. The van der Waals surface area contributed by atoms with E-state index in [1.54, 1.807) is 6.33 Å². The number of anilines is 3. The molecule has 2 aliphatic heterocycles. The molecule has 0 amide bonds. The minimum atomic E-state index is 0.739. The van der Waals surface area contributed by atoms with Gasteiger partial charge in [0.25, 0.3) is 0 Å².